The number of nitrogens with zero attached hydrogens (tertiary/aromatic N) is 2. The number of hydrogen-bond acceptors (Lipinski definition) is 3. The van der Waals surface area contributed by atoms with Crippen molar-refractivity contribution < 1.29 is 9.15 Å². The average molecular weight is 795 g/mol. The van der Waals surface area contributed by atoms with Crippen LogP contribution in [0.2, 0.25) is 0 Å². The van der Waals surface area contributed by atoms with Gasteiger partial charge in [-0.25, -0.2) is 0 Å². The van der Waals surface area contributed by atoms with E-state index in [-0.39, 0.29) is 11.5 Å². The highest BCUT2D eigenvalue weighted by Crippen LogP contribution is 2.51. The molecule has 2 heterocycles. The van der Waals surface area contributed by atoms with Gasteiger partial charge in [-0.15, -0.1) is 0 Å². The number of para-hydroxylation sites is 2. The van der Waals surface area contributed by atoms with E-state index in [0.717, 1.165) is 58.1 Å². The second-order valence-corrected chi connectivity index (χ2v) is 16.8. The smallest absolute Gasteiger partial charge is 0.135 e. The molecule has 0 radical (unpaired) electrons. The molecule has 0 fully saturated rings. The van der Waals surface area contributed by atoms with Gasteiger partial charge >= 0.3 is 0 Å². The van der Waals surface area contributed by atoms with Crippen LogP contribution in [-0.4, -0.2) is 17.3 Å². The Morgan fingerprint density at radius 1 is 0.656 bits per heavy atom. The van der Waals surface area contributed by atoms with Crippen LogP contribution in [0.1, 0.15) is 56.5 Å². The summed E-state index contributed by atoms with van der Waals surface area (Å²) in [5.74, 6) is 0.866. The fraction of sp³-hybridized carbons (Fsp3) is 0.158. The van der Waals surface area contributed by atoms with Gasteiger partial charge in [0.05, 0.1) is 11.6 Å². The van der Waals surface area contributed by atoms with Gasteiger partial charge in [0.15, 0.2) is 0 Å². The molecule has 300 valence electrons. The van der Waals surface area contributed by atoms with Crippen LogP contribution in [0.25, 0.3) is 67.2 Å². The highest BCUT2D eigenvalue weighted by Gasteiger charge is 2.35. The molecule has 61 heavy (non-hydrogen) atoms. The average Bonchev–Trinajstić information content (AvgIpc) is 3.92. The first kappa shape index (κ1) is 38.3. The molecule has 1 aliphatic rings. The van der Waals surface area contributed by atoms with E-state index in [2.05, 4.69) is 208 Å². The van der Waals surface area contributed by atoms with Gasteiger partial charge in [-0.1, -0.05) is 111 Å². The van der Waals surface area contributed by atoms with E-state index in [1.54, 1.807) is 0 Å². The Labute approximate surface area is 359 Å². The molecule has 1 aliphatic carbocycles. The molecule has 0 amide bonds. The SMILES string of the molecule is CCOC(C)C/C=C\c1c(C)n(-c2ccccc2)c2ccc(-c3ccc(N(c4ccc(-c5cc6ccccc6o5)cc4)c4ccc5c(c4)C(C)(C)c4ccccc4-5)cc3)cc12. The van der Waals surface area contributed by atoms with Crippen LogP contribution in [0.15, 0.2) is 180 Å². The molecule has 0 bridgehead atoms. The second kappa shape index (κ2) is 15.6. The first-order valence-electron chi connectivity index (χ1n) is 21.5. The number of benzene rings is 7. The lowest BCUT2D eigenvalue weighted by Crippen LogP contribution is -2.16. The van der Waals surface area contributed by atoms with E-state index < -0.39 is 0 Å². The number of aromatic nitrogens is 1. The summed E-state index contributed by atoms with van der Waals surface area (Å²) in [4.78, 5) is 2.38. The van der Waals surface area contributed by atoms with Crippen molar-refractivity contribution in [3.8, 4) is 39.3 Å². The normalized spacial score (nSPS) is 13.5. The highest BCUT2D eigenvalue weighted by atomic mass is 16.5. The predicted octanol–water partition coefficient (Wildman–Crippen LogP) is 15.6. The lowest BCUT2D eigenvalue weighted by molar-refractivity contribution is 0.0788. The molecule has 4 heteroatoms. The summed E-state index contributed by atoms with van der Waals surface area (Å²) < 4.78 is 14.5. The maximum absolute atomic E-state index is 6.26. The number of hydrogen-bond donors (Lipinski definition) is 0. The maximum atomic E-state index is 6.26. The molecule has 1 atom stereocenters. The molecule has 0 N–H and O–H groups in total. The largest absolute Gasteiger partial charge is 0.456 e. The van der Waals surface area contributed by atoms with Gasteiger partial charge in [0.1, 0.15) is 11.3 Å². The van der Waals surface area contributed by atoms with Gasteiger partial charge in [-0.3, -0.25) is 0 Å². The molecule has 0 spiro atoms. The fourth-order valence-electron chi connectivity index (χ4n) is 9.45. The van der Waals surface area contributed by atoms with E-state index in [9.17, 15) is 0 Å². The summed E-state index contributed by atoms with van der Waals surface area (Å²) in [5, 5.41) is 2.34. The van der Waals surface area contributed by atoms with E-state index in [1.807, 2.05) is 18.2 Å². The molecule has 7 aromatic carbocycles. The Kier molecular flexibility index (Phi) is 9.81. The van der Waals surface area contributed by atoms with Crippen molar-refractivity contribution in [1.29, 1.82) is 0 Å². The highest BCUT2D eigenvalue weighted by molar-refractivity contribution is 5.96. The van der Waals surface area contributed by atoms with Crippen molar-refractivity contribution in [1.82, 2.24) is 4.57 Å². The molecule has 0 saturated heterocycles. The third kappa shape index (κ3) is 6.87. The summed E-state index contributed by atoms with van der Waals surface area (Å²) in [6.07, 6.45) is 5.58. The zero-order valence-corrected chi connectivity index (χ0v) is 35.5. The summed E-state index contributed by atoms with van der Waals surface area (Å²) >= 11 is 0. The van der Waals surface area contributed by atoms with Crippen molar-refractivity contribution >= 4 is 45.0 Å². The van der Waals surface area contributed by atoms with Crippen LogP contribution in [-0.2, 0) is 10.2 Å². The van der Waals surface area contributed by atoms with Crippen molar-refractivity contribution in [3.63, 3.8) is 0 Å². The van der Waals surface area contributed by atoms with Crippen LogP contribution in [0.3, 0.4) is 0 Å². The Bertz CT molecular complexity index is 3020. The minimum Gasteiger partial charge on any atom is -0.456 e. The molecular weight excluding hydrogens is 745 g/mol. The van der Waals surface area contributed by atoms with Gasteiger partial charge in [0.25, 0.3) is 0 Å². The number of furan rings is 1. The van der Waals surface area contributed by atoms with Gasteiger partial charge in [0, 0.05) is 62.4 Å². The Hall–Kier alpha value is -6.88. The number of ether oxygens (including phenoxy) is 1. The monoisotopic (exact) mass is 794 g/mol. The zero-order chi connectivity index (χ0) is 41.7. The van der Waals surface area contributed by atoms with E-state index in [1.165, 1.54) is 55.5 Å². The molecule has 0 saturated carbocycles. The molecule has 4 nitrogen and oxygen atoms in total. The van der Waals surface area contributed by atoms with E-state index in [0.29, 0.717) is 0 Å². The zero-order valence-electron chi connectivity index (χ0n) is 35.5. The number of rotatable bonds is 11. The van der Waals surface area contributed by atoms with Crippen LogP contribution in [0.5, 0.6) is 0 Å². The summed E-state index contributed by atoms with van der Waals surface area (Å²) in [6.45, 7) is 11.8. The maximum Gasteiger partial charge on any atom is 0.135 e. The van der Waals surface area contributed by atoms with Crippen molar-refractivity contribution in [2.45, 2.75) is 52.6 Å². The molecule has 2 aromatic heterocycles. The van der Waals surface area contributed by atoms with Gasteiger partial charge in [-0.2, -0.15) is 0 Å². The van der Waals surface area contributed by atoms with Crippen molar-refractivity contribution in [2.75, 3.05) is 11.5 Å². The fourth-order valence-corrected chi connectivity index (χ4v) is 9.45. The predicted molar refractivity (Wildman–Crippen MR) is 256 cm³/mol. The van der Waals surface area contributed by atoms with E-state index in [4.69, 9.17) is 9.15 Å². The molecular formula is C57H50N2O2. The Morgan fingerprint density at radius 3 is 2.07 bits per heavy atom. The molecule has 9 aromatic rings. The molecule has 1 unspecified atom stereocenters. The van der Waals surface area contributed by atoms with Gasteiger partial charge in [-0.05, 0) is 146 Å². The molecule has 10 rings (SSSR count). The van der Waals surface area contributed by atoms with Crippen LogP contribution in [0.4, 0.5) is 17.1 Å². The third-order valence-electron chi connectivity index (χ3n) is 12.6. The first-order valence-corrected chi connectivity index (χ1v) is 21.5. The van der Waals surface area contributed by atoms with E-state index >= 15 is 0 Å². The summed E-state index contributed by atoms with van der Waals surface area (Å²) in [6, 6.07) is 61.5. The second-order valence-electron chi connectivity index (χ2n) is 16.8. The lowest BCUT2D eigenvalue weighted by Gasteiger charge is -2.28. The van der Waals surface area contributed by atoms with Crippen molar-refractivity contribution in [3.05, 3.63) is 198 Å². The van der Waals surface area contributed by atoms with Gasteiger partial charge < -0.3 is 18.6 Å². The topological polar surface area (TPSA) is 30.5 Å². The molecule has 0 aliphatic heterocycles. The summed E-state index contributed by atoms with van der Waals surface area (Å²) in [7, 11) is 0. The summed E-state index contributed by atoms with van der Waals surface area (Å²) in [5.41, 5.74) is 17.6. The van der Waals surface area contributed by atoms with Crippen LogP contribution < -0.4 is 4.90 Å². The standard InChI is InChI=1S/C57H50N2O2/c1-6-60-38(2)15-14-20-48-39(3)58(44-17-8-7-9-18-44)54-34-27-42(35-51(48)54)40-23-28-45(29-24-40)59(46-30-25-41(26-31-46)56-36-43-16-10-13-22-55(43)61-56)47-32-33-50-49-19-11-12-21-52(49)57(4,5)53(50)37-47/h7-14,16-38H,6,15H2,1-5H3/b20-14-. The Morgan fingerprint density at radius 2 is 1.31 bits per heavy atom. The minimum absolute atomic E-state index is 0.116. The Balaban J connectivity index is 1.04. The first-order chi connectivity index (χ1) is 29.8. The van der Waals surface area contributed by atoms with Crippen molar-refractivity contribution in [2.24, 2.45) is 0 Å². The minimum atomic E-state index is -0.116. The number of anilines is 3. The van der Waals surface area contributed by atoms with Crippen LogP contribution in [0, 0.1) is 6.92 Å². The quantitative estimate of drug-likeness (QED) is 0.131. The van der Waals surface area contributed by atoms with Gasteiger partial charge in [0.2, 0.25) is 0 Å². The number of fused-ring (bicyclic) bond motifs is 5. The lowest BCUT2D eigenvalue weighted by atomic mass is 9.82. The van der Waals surface area contributed by atoms with Crippen LogP contribution >= 0.6 is 0 Å². The third-order valence-corrected chi connectivity index (χ3v) is 12.6.